The lowest BCUT2D eigenvalue weighted by Crippen LogP contribution is -2.41. The first-order chi connectivity index (χ1) is 9.17. The van der Waals surface area contributed by atoms with Gasteiger partial charge in [-0.1, -0.05) is 23.9 Å². The molecule has 1 aromatic carbocycles. The summed E-state index contributed by atoms with van der Waals surface area (Å²) in [5, 5.41) is 14.4. The van der Waals surface area contributed by atoms with Gasteiger partial charge in [0.15, 0.2) is 11.4 Å². The lowest BCUT2D eigenvalue weighted by molar-refractivity contribution is 0.246. The number of amidine groups is 1. The average molecular weight is 275 g/mol. The average Bonchev–Trinajstić information content (AvgIpc) is 2.42. The maximum absolute atomic E-state index is 11.7. The number of carbonyl (C=O) groups excluding carboxylic acids is 1. The van der Waals surface area contributed by atoms with Crippen LogP contribution < -0.4 is 15.5 Å². The van der Waals surface area contributed by atoms with Gasteiger partial charge in [0.1, 0.15) is 0 Å². The van der Waals surface area contributed by atoms with Crippen LogP contribution in [-0.2, 0) is 6.54 Å². The number of thioether (sulfide) groups is 1. The minimum Gasteiger partial charge on any atom is -0.334 e. The van der Waals surface area contributed by atoms with Gasteiger partial charge in [-0.3, -0.25) is 10.2 Å². The Bertz CT molecular complexity index is 578. The second-order valence-electron chi connectivity index (χ2n) is 3.86. The normalized spacial score (nSPS) is 14.5. The van der Waals surface area contributed by atoms with Crippen molar-refractivity contribution in [1.82, 2.24) is 10.6 Å². The Kier molecular flexibility index (Phi) is 3.92. The van der Waals surface area contributed by atoms with E-state index in [0.29, 0.717) is 17.4 Å². The van der Waals surface area contributed by atoms with E-state index in [9.17, 15) is 4.79 Å². The zero-order valence-corrected chi connectivity index (χ0v) is 11.4. The number of hydrogen-bond donors (Lipinski definition) is 2. The number of nitrogens with zero attached hydrogens (tertiary/aromatic N) is 3. The molecule has 0 atom stereocenters. The monoisotopic (exact) mass is 275 g/mol. The van der Waals surface area contributed by atoms with Crippen molar-refractivity contribution in [3.63, 3.8) is 0 Å². The summed E-state index contributed by atoms with van der Waals surface area (Å²) in [5.74, 6) is 0. The Balaban J connectivity index is 2.48. The number of aliphatic imine (C=N–C) groups is 1. The van der Waals surface area contributed by atoms with Gasteiger partial charge in [-0.15, -0.1) is 0 Å². The predicted molar refractivity (Wildman–Crippen MR) is 76.4 cm³/mol. The molecular weight excluding hydrogens is 262 g/mol. The molecule has 98 valence electrons. The summed E-state index contributed by atoms with van der Waals surface area (Å²) in [5.41, 5.74) is 2.44. The molecule has 0 saturated heterocycles. The largest absolute Gasteiger partial charge is 0.334 e. The molecule has 2 amide bonds. The molecule has 0 fully saturated rings. The Morgan fingerprint density at radius 1 is 1.63 bits per heavy atom. The molecule has 0 aromatic heterocycles. The molecule has 1 heterocycles. The van der Waals surface area contributed by atoms with Gasteiger partial charge in [-0.25, -0.2) is 9.79 Å². The van der Waals surface area contributed by atoms with Crippen LogP contribution in [0.4, 0.5) is 16.2 Å². The van der Waals surface area contributed by atoms with Gasteiger partial charge in [0.05, 0.1) is 11.4 Å². The van der Waals surface area contributed by atoms with Crippen LogP contribution in [0.2, 0.25) is 0 Å². The number of carbonyl (C=O) groups is 1. The van der Waals surface area contributed by atoms with E-state index >= 15 is 0 Å². The number of hydrogen-bond acceptors (Lipinski definition) is 4. The molecule has 2 N–H and O–H groups in total. The zero-order chi connectivity index (χ0) is 13.8. The van der Waals surface area contributed by atoms with E-state index in [4.69, 9.17) is 5.26 Å². The first kappa shape index (κ1) is 13.2. The van der Waals surface area contributed by atoms with Gasteiger partial charge in [0.2, 0.25) is 0 Å². The fourth-order valence-corrected chi connectivity index (χ4v) is 2.21. The number of urea groups is 1. The molecule has 0 bridgehead atoms. The molecular formula is C12H13N5OS. The molecule has 0 spiro atoms. The number of rotatable bonds is 1. The van der Waals surface area contributed by atoms with Crippen LogP contribution >= 0.6 is 11.8 Å². The van der Waals surface area contributed by atoms with Gasteiger partial charge >= 0.3 is 6.03 Å². The van der Waals surface area contributed by atoms with Crippen LogP contribution in [0.25, 0.3) is 0 Å². The van der Waals surface area contributed by atoms with Crippen LogP contribution in [0.5, 0.6) is 0 Å². The molecule has 1 aliphatic rings. The van der Waals surface area contributed by atoms with E-state index in [0.717, 1.165) is 11.3 Å². The Morgan fingerprint density at radius 2 is 2.42 bits per heavy atom. The highest BCUT2D eigenvalue weighted by atomic mass is 32.2. The summed E-state index contributed by atoms with van der Waals surface area (Å²) in [4.78, 5) is 17.6. The molecule has 0 unspecified atom stereocenters. The van der Waals surface area contributed by atoms with E-state index in [2.05, 4.69) is 15.6 Å². The van der Waals surface area contributed by atoms with Crippen LogP contribution in [0, 0.1) is 11.5 Å². The Labute approximate surface area is 115 Å². The van der Waals surface area contributed by atoms with E-state index in [-0.39, 0.29) is 6.03 Å². The predicted octanol–water partition coefficient (Wildman–Crippen LogP) is 1.77. The molecule has 6 nitrogen and oxygen atoms in total. The van der Waals surface area contributed by atoms with E-state index < -0.39 is 0 Å². The molecule has 7 heteroatoms. The van der Waals surface area contributed by atoms with Crippen molar-refractivity contribution < 1.29 is 4.79 Å². The van der Waals surface area contributed by atoms with Crippen LogP contribution in [0.1, 0.15) is 5.56 Å². The maximum atomic E-state index is 11.7. The summed E-state index contributed by atoms with van der Waals surface area (Å²) in [7, 11) is 1.70. The third-order valence-electron chi connectivity index (χ3n) is 2.75. The number of nitriles is 1. The quantitative estimate of drug-likeness (QED) is 0.354. The second kappa shape index (κ2) is 5.63. The topological polar surface area (TPSA) is 80.5 Å². The molecule has 0 saturated carbocycles. The Hall–Kier alpha value is -2.20. The molecule has 0 aliphatic carbocycles. The third kappa shape index (κ3) is 2.63. The third-order valence-corrected chi connectivity index (χ3v) is 3.33. The van der Waals surface area contributed by atoms with Crippen molar-refractivity contribution >= 4 is 34.3 Å². The summed E-state index contributed by atoms with van der Waals surface area (Å²) >= 11 is 1.34. The number of benzene rings is 1. The summed E-state index contributed by atoms with van der Waals surface area (Å²) in [6.45, 7) is 0.488. The Morgan fingerprint density at radius 3 is 3.11 bits per heavy atom. The van der Waals surface area contributed by atoms with Crippen molar-refractivity contribution in [2.24, 2.45) is 4.99 Å². The zero-order valence-electron chi connectivity index (χ0n) is 10.6. The molecule has 1 aliphatic heterocycles. The van der Waals surface area contributed by atoms with E-state index in [1.54, 1.807) is 7.05 Å². The second-order valence-corrected chi connectivity index (χ2v) is 4.66. The maximum Gasteiger partial charge on any atom is 0.321 e. The summed E-state index contributed by atoms with van der Waals surface area (Å²) < 4.78 is 0. The number of para-hydroxylation sites is 1. The van der Waals surface area contributed by atoms with Gasteiger partial charge in [0, 0.05) is 13.6 Å². The van der Waals surface area contributed by atoms with Crippen molar-refractivity contribution in [2.45, 2.75) is 6.54 Å². The van der Waals surface area contributed by atoms with Crippen LogP contribution in [-0.4, -0.2) is 24.5 Å². The standard InChI is InChI=1S/C12H13N5OS/c1-17-10-8(6-14-12(17)18)4-3-5-9(10)16-11(19-2)15-7-13/h3-5H,6H2,1-2H3,(H,14,18)(H,15,16). The van der Waals surface area contributed by atoms with Crippen molar-refractivity contribution in [3.05, 3.63) is 23.8 Å². The number of amides is 2. The van der Waals surface area contributed by atoms with Gasteiger partial charge in [0.25, 0.3) is 0 Å². The fraction of sp³-hybridized carbons (Fsp3) is 0.250. The van der Waals surface area contributed by atoms with E-state index in [1.807, 2.05) is 30.6 Å². The first-order valence-electron chi connectivity index (χ1n) is 5.58. The highest BCUT2D eigenvalue weighted by Crippen LogP contribution is 2.34. The number of fused-ring (bicyclic) bond motifs is 1. The van der Waals surface area contributed by atoms with Crippen LogP contribution in [0.3, 0.4) is 0 Å². The highest BCUT2D eigenvalue weighted by Gasteiger charge is 2.23. The lowest BCUT2D eigenvalue weighted by Gasteiger charge is -2.27. The van der Waals surface area contributed by atoms with E-state index in [1.165, 1.54) is 16.7 Å². The minimum absolute atomic E-state index is 0.158. The lowest BCUT2D eigenvalue weighted by atomic mass is 10.1. The first-order valence-corrected chi connectivity index (χ1v) is 6.81. The molecule has 2 rings (SSSR count). The van der Waals surface area contributed by atoms with Gasteiger partial charge in [-0.05, 0) is 17.9 Å². The minimum atomic E-state index is -0.158. The van der Waals surface area contributed by atoms with Crippen LogP contribution in [0.15, 0.2) is 23.2 Å². The SMILES string of the molecule is CSC(=Nc1cccc2c1N(C)C(=O)NC2)NC#N. The highest BCUT2D eigenvalue weighted by molar-refractivity contribution is 8.13. The molecule has 19 heavy (non-hydrogen) atoms. The number of nitrogens with one attached hydrogen (secondary N) is 2. The molecule has 1 aromatic rings. The number of anilines is 1. The van der Waals surface area contributed by atoms with Crippen molar-refractivity contribution in [1.29, 1.82) is 5.26 Å². The fourth-order valence-electron chi connectivity index (χ4n) is 1.87. The summed E-state index contributed by atoms with van der Waals surface area (Å²) in [6.07, 6.45) is 3.67. The van der Waals surface area contributed by atoms with Gasteiger partial charge < -0.3 is 5.32 Å². The van der Waals surface area contributed by atoms with Crippen molar-refractivity contribution in [2.75, 3.05) is 18.2 Å². The summed E-state index contributed by atoms with van der Waals surface area (Å²) in [6, 6.07) is 5.49. The van der Waals surface area contributed by atoms with Crippen molar-refractivity contribution in [3.8, 4) is 6.19 Å². The smallest absolute Gasteiger partial charge is 0.321 e. The molecule has 0 radical (unpaired) electrons. The van der Waals surface area contributed by atoms with Gasteiger partial charge in [-0.2, -0.15) is 5.26 Å².